The van der Waals surface area contributed by atoms with Gasteiger partial charge >= 0.3 is 5.97 Å². The molecule has 0 aromatic heterocycles. The zero-order chi connectivity index (χ0) is 15.5. The van der Waals surface area contributed by atoms with Gasteiger partial charge in [-0.15, -0.1) is 0 Å². The second kappa shape index (κ2) is 10.9. The summed E-state index contributed by atoms with van der Waals surface area (Å²) < 4.78 is 6.37. The summed E-state index contributed by atoms with van der Waals surface area (Å²) in [5, 5.41) is 9.06. The minimum atomic E-state index is -0.906. The zero-order valence-electron chi connectivity index (χ0n) is 12.7. The number of unbranched alkanes of at least 4 members (excludes halogenated alkanes) is 7. The quantitative estimate of drug-likeness (QED) is 0.391. The lowest BCUT2D eigenvalue weighted by Crippen LogP contribution is -2.02. The Morgan fingerprint density at radius 1 is 1.10 bits per heavy atom. The summed E-state index contributed by atoms with van der Waals surface area (Å²) in [5.74, 6) is -0.257. The van der Waals surface area contributed by atoms with Crippen molar-refractivity contribution in [3.63, 3.8) is 0 Å². The number of aromatic carboxylic acids is 1. The molecule has 3 nitrogen and oxygen atoms in total. The van der Waals surface area contributed by atoms with Crippen LogP contribution in [0.3, 0.4) is 0 Å². The average Bonchev–Trinajstić information content (AvgIpc) is 2.47. The van der Waals surface area contributed by atoms with Crippen LogP contribution in [0.25, 0.3) is 0 Å². The molecule has 1 rings (SSSR count). The standard InChI is InChI=1S/C17H25IO3/c1-2-3-4-5-6-7-8-9-12-21-14-10-11-16(18)15(13-14)17(19)20/h10-11,13H,2-9,12H2,1H3,(H,19,20). The molecule has 0 saturated heterocycles. The predicted molar refractivity (Wildman–Crippen MR) is 94.2 cm³/mol. The Hall–Kier alpha value is -0.780. The second-order valence-electron chi connectivity index (χ2n) is 5.27. The van der Waals surface area contributed by atoms with E-state index < -0.39 is 5.97 Å². The molecule has 0 unspecified atom stereocenters. The Morgan fingerprint density at radius 2 is 1.71 bits per heavy atom. The summed E-state index contributed by atoms with van der Waals surface area (Å²) in [6, 6.07) is 5.22. The molecule has 0 aliphatic rings. The van der Waals surface area contributed by atoms with Crippen LogP contribution in [-0.2, 0) is 0 Å². The molecule has 0 saturated carbocycles. The fraction of sp³-hybridized carbons (Fsp3) is 0.588. The van der Waals surface area contributed by atoms with Gasteiger partial charge in [0.25, 0.3) is 0 Å². The first-order chi connectivity index (χ1) is 10.1. The van der Waals surface area contributed by atoms with Crippen LogP contribution < -0.4 is 4.74 Å². The van der Waals surface area contributed by atoms with Crippen molar-refractivity contribution < 1.29 is 14.6 Å². The minimum absolute atomic E-state index is 0.309. The second-order valence-corrected chi connectivity index (χ2v) is 6.43. The van der Waals surface area contributed by atoms with Crippen LogP contribution in [0.15, 0.2) is 18.2 Å². The van der Waals surface area contributed by atoms with Crippen LogP contribution in [0.5, 0.6) is 5.75 Å². The molecular formula is C17H25IO3. The van der Waals surface area contributed by atoms with Gasteiger partial charge in [0.15, 0.2) is 0 Å². The van der Waals surface area contributed by atoms with E-state index in [1.54, 1.807) is 12.1 Å². The number of halogens is 1. The van der Waals surface area contributed by atoms with Crippen molar-refractivity contribution in [2.45, 2.75) is 58.3 Å². The first-order valence-electron chi connectivity index (χ1n) is 7.80. The van der Waals surface area contributed by atoms with E-state index in [0.29, 0.717) is 17.9 Å². The zero-order valence-corrected chi connectivity index (χ0v) is 14.9. The number of carboxylic acids is 1. The Kier molecular flexibility index (Phi) is 9.46. The molecule has 21 heavy (non-hydrogen) atoms. The van der Waals surface area contributed by atoms with Gasteiger partial charge in [0, 0.05) is 3.57 Å². The van der Waals surface area contributed by atoms with E-state index in [2.05, 4.69) is 6.92 Å². The van der Waals surface area contributed by atoms with Gasteiger partial charge in [-0.05, 0) is 47.2 Å². The van der Waals surface area contributed by atoms with Crippen molar-refractivity contribution in [3.05, 3.63) is 27.3 Å². The molecule has 1 aromatic rings. The number of rotatable bonds is 11. The van der Waals surface area contributed by atoms with E-state index in [1.807, 2.05) is 28.7 Å². The molecule has 1 N–H and O–H groups in total. The van der Waals surface area contributed by atoms with Crippen LogP contribution >= 0.6 is 22.6 Å². The Bertz CT molecular complexity index is 432. The van der Waals surface area contributed by atoms with Crippen molar-refractivity contribution in [1.29, 1.82) is 0 Å². The van der Waals surface area contributed by atoms with Gasteiger partial charge in [-0.2, -0.15) is 0 Å². The van der Waals surface area contributed by atoms with Gasteiger partial charge in [0.05, 0.1) is 12.2 Å². The molecular weight excluding hydrogens is 379 g/mol. The molecule has 4 heteroatoms. The molecule has 0 aliphatic heterocycles. The largest absolute Gasteiger partial charge is 0.494 e. The van der Waals surface area contributed by atoms with Crippen LogP contribution in [0.1, 0.15) is 68.6 Å². The van der Waals surface area contributed by atoms with E-state index >= 15 is 0 Å². The third-order valence-corrected chi connectivity index (χ3v) is 4.38. The van der Waals surface area contributed by atoms with E-state index in [4.69, 9.17) is 9.84 Å². The molecule has 0 heterocycles. The summed E-state index contributed by atoms with van der Waals surface area (Å²) >= 11 is 2.03. The smallest absolute Gasteiger partial charge is 0.336 e. The third-order valence-electron chi connectivity index (χ3n) is 3.43. The first-order valence-corrected chi connectivity index (χ1v) is 8.88. The summed E-state index contributed by atoms with van der Waals surface area (Å²) in [4.78, 5) is 11.0. The van der Waals surface area contributed by atoms with Crippen molar-refractivity contribution >= 4 is 28.6 Å². The van der Waals surface area contributed by atoms with Crippen molar-refractivity contribution in [3.8, 4) is 5.75 Å². The highest BCUT2D eigenvalue weighted by molar-refractivity contribution is 14.1. The Balaban J connectivity index is 2.16. The lowest BCUT2D eigenvalue weighted by atomic mass is 10.1. The van der Waals surface area contributed by atoms with Crippen LogP contribution in [0.2, 0.25) is 0 Å². The molecule has 1 aromatic carbocycles. The molecule has 0 aliphatic carbocycles. The molecule has 0 bridgehead atoms. The summed E-state index contributed by atoms with van der Waals surface area (Å²) in [6.07, 6.45) is 10.1. The van der Waals surface area contributed by atoms with Crippen molar-refractivity contribution in [2.75, 3.05) is 6.61 Å². The number of carboxylic acid groups (broad SMARTS) is 1. The first kappa shape index (κ1) is 18.3. The summed E-state index contributed by atoms with van der Waals surface area (Å²) in [7, 11) is 0. The van der Waals surface area contributed by atoms with Crippen LogP contribution in [0, 0.1) is 3.57 Å². The van der Waals surface area contributed by atoms with E-state index in [9.17, 15) is 4.79 Å². The highest BCUT2D eigenvalue weighted by Crippen LogP contribution is 2.20. The van der Waals surface area contributed by atoms with Crippen molar-refractivity contribution in [1.82, 2.24) is 0 Å². The SMILES string of the molecule is CCCCCCCCCCOc1ccc(I)c(C(=O)O)c1. The lowest BCUT2D eigenvalue weighted by Gasteiger charge is -2.08. The molecule has 0 atom stereocenters. The normalized spacial score (nSPS) is 10.6. The number of hydrogen-bond donors (Lipinski definition) is 1. The fourth-order valence-corrected chi connectivity index (χ4v) is 2.75. The maximum Gasteiger partial charge on any atom is 0.336 e. The number of hydrogen-bond acceptors (Lipinski definition) is 2. The number of ether oxygens (including phenoxy) is 1. The van der Waals surface area contributed by atoms with E-state index in [0.717, 1.165) is 9.99 Å². The van der Waals surface area contributed by atoms with Crippen molar-refractivity contribution in [2.24, 2.45) is 0 Å². The van der Waals surface area contributed by atoms with Gasteiger partial charge in [0.2, 0.25) is 0 Å². The average molecular weight is 404 g/mol. The number of carbonyl (C=O) groups is 1. The van der Waals surface area contributed by atoms with Crippen LogP contribution in [0.4, 0.5) is 0 Å². The summed E-state index contributed by atoms with van der Waals surface area (Å²) in [5.41, 5.74) is 0.309. The number of benzene rings is 1. The lowest BCUT2D eigenvalue weighted by molar-refractivity contribution is 0.0695. The van der Waals surface area contributed by atoms with Gasteiger partial charge in [0.1, 0.15) is 5.75 Å². The molecule has 118 valence electrons. The fourth-order valence-electron chi connectivity index (χ4n) is 2.18. The monoisotopic (exact) mass is 404 g/mol. The topological polar surface area (TPSA) is 46.5 Å². The minimum Gasteiger partial charge on any atom is -0.494 e. The maximum absolute atomic E-state index is 11.0. The Morgan fingerprint density at radius 3 is 2.33 bits per heavy atom. The van der Waals surface area contributed by atoms with Gasteiger partial charge in [-0.25, -0.2) is 4.79 Å². The molecule has 0 amide bonds. The van der Waals surface area contributed by atoms with E-state index in [-0.39, 0.29) is 0 Å². The Labute approximate surface area is 141 Å². The molecule has 0 spiro atoms. The summed E-state index contributed by atoms with van der Waals surface area (Å²) in [6.45, 7) is 2.90. The van der Waals surface area contributed by atoms with Gasteiger partial charge < -0.3 is 9.84 Å². The molecule has 0 radical (unpaired) electrons. The maximum atomic E-state index is 11.0. The van der Waals surface area contributed by atoms with Gasteiger partial charge in [-0.3, -0.25) is 0 Å². The molecule has 0 fully saturated rings. The third kappa shape index (κ3) is 7.69. The van der Waals surface area contributed by atoms with Crippen LogP contribution in [-0.4, -0.2) is 17.7 Å². The van der Waals surface area contributed by atoms with E-state index in [1.165, 1.54) is 44.9 Å². The van der Waals surface area contributed by atoms with Gasteiger partial charge in [-0.1, -0.05) is 51.9 Å². The predicted octanol–water partition coefficient (Wildman–Crippen LogP) is 5.51. The highest BCUT2D eigenvalue weighted by Gasteiger charge is 2.09. The highest BCUT2D eigenvalue weighted by atomic mass is 127.